The number of methoxy groups -OCH3 is 1. The highest BCUT2D eigenvalue weighted by Crippen LogP contribution is 2.40. The van der Waals surface area contributed by atoms with E-state index in [1.54, 1.807) is 42.1 Å². The van der Waals surface area contributed by atoms with Crippen LogP contribution >= 0.6 is 11.6 Å². The minimum Gasteiger partial charge on any atom is -0.480 e. The molecule has 4 heterocycles. The highest BCUT2D eigenvalue weighted by molar-refractivity contribution is 6.35. The van der Waals surface area contributed by atoms with Crippen molar-refractivity contribution >= 4 is 22.6 Å². The maximum absolute atomic E-state index is 14.2. The van der Waals surface area contributed by atoms with E-state index in [9.17, 15) is 17.6 Å². The highest BCUT2D eigenvalue weighted by atomic mass is 35.5. The van der Waals surface area contributed by atoms with Gasteiger partial charge in [0, 0.05) is 18.0 Å². The SMILES string of the molecule is COc1nc(C(F)(F)F)ncc1-c1cn(C(C)c2cn(-c3ccccc3F)nn2)c2ncnc(Cl)c12. The summed E-state index contributed by atoms with van der Waals surface area (Å²) in [6, 6.07) is 5.62. The monoisotopic (exact) mass is 518 g/mol. The van der Waals surface area contributed by atoms with Crippen LogP contribution in [0.25, 0.3) is 27.8 Å². The quantitative estimate of drug-likeness (QED) is 0.241. The Kier molecular flexibility index (Phi) is 5.79. The molecule has 5 aromatic rings. The van der Waals surface area contributed by atoms with Crippen molar-refractivity contribution < 1.29 is 22.3 Å². The maximum atomic E-state index is 14.2. The van der Waals surface area contributed by atoms with E-state index in [0.29, 0.717) is 22.3 Å². The van der Waals surface area contributed by atoms with Crippen LogP contribution in [0.15, 0.2) is 49.2 Å². The molecule has 9 nitrogen and oxygen atoms in total. The van der Waals surface area contributed by atoms with Gasteiger partial charge in [-0.2, -0.15) is 18.2 Å². The molecule has 0 spiro atoms. The second-order valence-corrected chi connectivity index (χ2v) is 8.00. The Morgan fingerprint density at radius 2 is 1.83 bits per heavy atom. The zero-order valence-corrected chi connectivity index (χ0v) is 19.3. The Balaban J connectivity index is 1.64. The smallest absolute Gasteiger partial charge is 0.451 e. The maximum Gasteiger partial charge on any atom is 0.451 e. The molecule has 0 saturated carbocycles. The van der Waals surface area contributed by atoms with E-state index in [4.69, 9.17) is 16.3 Å². The van der Waals surface area contributed by atoms with Crippen molar-refractivity contribution in [3.8, 4) is 22.7 Å². The Bertz CT molecular complexity index is 1580. The van der Waals surface area contributed by atoms with Crippen LogP contribution in [-0.2, 0) is 6.18 Å². The summed E-state index contributed by atoms with van der Waals surface area (Å²) in [4.78, 5) is 15.3. The number of alkyl halides is 3. The number of nitrogens with zero attached hydrogens (tertiary/aromatic N) is 8. The summed E-state index contributed by atoms with van der Waals surface area (Å²) >= 11 is 6.38. The Labute approximate surface area is 205 Å². The van der Waals surface area contributed by atoms with Crippen LogP contribution in [0.5, 0.6) is 5.88 Å². The summed E-state index contributed by atoms with van der Waals surface area (Å²) < 4.78 is 61.8. The molecule has 0 amide bonds. The minimum atomic E-state index is -4.75. The van der Waals surface area contributed by atoms with Gasteiger partial charge in [-0.25, -0.2) is 24.0 Å². The average molecular weight is 519 g/mol. The minimum absolute atomic E-state index is 0.0675. The van der Waals surface area contributed by atoms with Gasteiger partial charge in [0.15, 0.2) is 0 Å². The third-order valence-corrected chi connectivity index (χ3v) is 5.80. The summed E-state index contributed by atoms with van der Waals surface area (Å²) in [5, 5.41) is 8.62. The molecule has 36 heavy (non-hydrogen) atoms. The standard InChI is InChI=1S/C22H15ClF4N8O/c1-11(15-9-35(33-32-15)16-6-4-3-5-14(16)24)34-8-13(17-18(23)29-10-30-19(17)34)12-7-28-21(22(25,26)27)31-20(12)36-2/h3-11H,1-2H3. The molecule has 0 N–H and O–H groups in total. The van der Waals surface area contributed by atoms with Crippen molar-refractivity contribution in [1.29, 1.82) is 0 Å². The second-order valence-electron chi connectivity index (χ2n) is 7.64. The van der Waals surface area contributed by atoms with Gasteiger partial charge in [-0.3, -0.25) is 0 Å². The molecule has 0 bridgehead atoms. The Morgan fingerprint density at radius 1 is 1.06 bits per heavy atom. The molecular weight excluding hydrogens is 504 g/mol. The van der Waals surface area contributed by atoms with E-state index in [1.165, 1.54) is 24.2 Å². The zero-order chi connectivity index (χ0) is 25.6. The van der Waals surface area contributed by atoms with Crippen LogP contribution in [0, 0.1) is 5.82 Å². The van der Waals surface area contributed by atoms with E-state index >= 15 is 0 Å². The molecule has 0 fully saturated rings. The lowest BCUT2D eigenvalue weighted by molar-refractivity contribution is -0.145. The third kappa shape index (κ3) is 4.00. The fraction of sp³-hybridized carbons (Fsp3) is 0.182. The number of benzene rings is 1. The normalized spacial score (nSPS) is 12.8. The van der Waals surface area contributed by atoms with Crippen LogP contribution < -0.4 is 4.74 Å². The van der Waals surface area contributed by atoms with E-state index in [1.807, 2.05) is 0 Å². The third-order valence-electron chi connectivity index (χ3n) is 5.51. The van der Waals surface area contributed by atoms with Crippen molar-refractivity contribution in [2.24, 2.45) is 0 Å². The molecule has 14 heteroatoms. The van der Waals surface area contributed by atoms with E-state index in [2.05, 4.69) is 30.2 Å². The van der Waals surface area contributed by atoms with Gasteiger partial charge in [-0.05, 0) is 19.1 Å². The lowest BCUT2D eigenvalue weighted by atomic mass is 10.1. The van der Waals surface area contributed by atoms with Crippen LogP contribution in [0.2, 0.25) is 5.15 Å². The van der Waals surface area contributed by atoms with Crippen molar-refractivity contribution in [2.45, 2.75) is 19.1 Å². The molecule has 5 rings (SSSR count). The Morgan fingerprint density at radius 3 is 2.56 bits per heavy atom. The topological polar surface area (TPSA) is 96.4 Å². The molecule has 0 aliphatic carbocycles. The van der Waals surface area contributed by atoms with Crippen molar-refractivity contribution in [3.05, 3.63) is 71.7 Å². The summed E-state index contributed by atoms with van der Waals surface area (Å²) in [6.07, 6.45) is 0.704. The highest BCUT2D eigenvalue weighted by Gasteiger charge is 2.36. The summed E-state index contributed by atoms with van der Waals surface area (Å²) in [6.45, 7) is 1.80. The van der Waals surface area contributed by atoms with E-state index in [0.717, 1.165) is 6.20 Å². The van der Waals surface area contributed by atoms with E-state index in [-0.39, 0.29) is 22.3 Å². The van der Waals surface area contributed by atoms with Crippen LogP contribution in [0.4, 0.5) is 17.6 Å². The first kappa shape index (κ1) is 23.6. The lowest BCUT2D eigenvalue weighted by Crippen LogP contribution is -2.11. The first-order valence-electron chi connectivity index (χ1n) is 10.4. The predicted molar refractivity (Wildman–Crippen MR) is 120 cm³/mol. The van der Waals surface area contributed by atoms with Gasteiger partial charge in [0.05, 0.1) is 30.3 Å². The van der Waals surface area contributed by atoms with Gasteiger partial charge in [-0.15, -0.1) is 5.10 Å². The second kappa shape index (κ2) is 8.82. The number of aromatic nitrogens is 8. The molecule has 4 aromatic heterocycles. The van der Waals surface area contributed by atoms with Gasteiger partial charge in [0.25, 0.3) is 0 Å². The summed E-state index contributed by atoms with van der Waals surface area (Å²) in [7, 11) is 1.20. The van der Waals surface area contributed by atoms with Crippen molar-refractivity contribution in [2.75, 3.05) is 7.11 Å². The van der Waals surface area contributed by atoms with Crippen LogP contribution in [0.1, 0.15) is 24.5 Å². The molecular formula is C22H15ClF4N8O. The molecule has 0 radical (unpaired) electrons. The molecule has 1 unspecified atom stereocenters. The molecule has 0 aliphatic heterocycles. The number of halogens is 5. The van der Waals surface area contributed by atoms with Crippen LogP contribution in [-0.4, -0.2) is 46.6 Å². The van der Waals surface area contributed by atoms with E-state index < -0.39 is 23.9 Å². The fourth-order valence-electron chi connectivity index (χ4n) is 3.76. The summed E-state index contributed by atoms with van der Waals surface area (Å²) in [5.41, 5.74) is 1.58. The van der Waals surface area contributed by atoms with Crippen molar-refractivity contribution in [1.82, 2.24) is 39.5 Å². The van der Waals surface area contributed by atoms with Crippen molar-refractivity contribution in [3.63, 3.8) is 0 Å². The number of para-hydroxylation sites is 1. The number of hydrogen-bond donors (Lipinski definition) is 0. The van der Waals surface area contributed by atoms with Gasteiger partial charge in [0.1, 0.15) is 34.3 Å². The van der Waals surface area contributed by atoms with Crippen LogP contribution in [0.3, 0.4) is 0 Å². The molecule has 184 valence electrons. The Hall–Kier alpha value is -4.13. The molecule has 0 saturated heterocycles. The lowest BCUT2D eigenvalue weighted by Gasteiger charge is -2.11. The number of hydrogen-bond acceptors (Lipinski definition) is 7. The number of ether oxygens (including phenoxy) is 1. The van der Waals surface area contributed by atoms with Gasteiger partial charge >= 0.3 is 6.18 Å². The number of fused-ring (bicyclic) bond motifs is 1. The zero-order valence-electron chi connectivity index (χ0n) is 18.6. The van der Waals surface area contributed by atoms with Gasteiger partial charge in [-0.1, -0.05) is 28.9 Å². The average Bonchev–Trinajstić information content (AvgIpc) is 3.49. The van der Waals surface area contributed by atoms with Gasteiger partial charge in [0.2, 0.25) is 11.7 Å². The molecule has 1 atom stereocenters. The largest absolute Gasteiger partial charge is 0.480 e. The first-order chi connectivity index (χ1) is 17.2. The number of rotatable bonds is 5. The molecule has 0 aliphatic rings. The molecule has 1 aromatic carbocycles. The predicted octanol–water partition coefficient (Wildman–Crippen LogP) is 4.90. The van der Waals surface area contributed by atoms with Gasteiger partial charge < -0.3 is 9.30 Å². The summed E-state index contributed by atoms with van der Waals surface area (Å²) in [5.74, 6) is -2.11. The first-order valence-corrected chi connectivity index (χ1v) is 10.7. The fourth-order valence-corrected chi connectivity index (χ4v) is 3.99.